The Morgan fingerprint density at radius 3 is 2.76 bits per heavy atom. The predicted molar refractivity (Wildman–Crippen MR) is 84.1 cm³/mol. The van der Waals surface area contributed by atoms with Gasteiger partial charge in [-0.25, -0.2) is 4.79 Å². The van der Waals surface area contributed by atoms with Gasteiger partial charge in [0.2, 0.25) is 0 Å². The Hall–Kier alpha value is -2.52. The highest BCUT2D eigenvalue weighted by Gasteiger charge is 2.14. The molecule has 0 aliphatic heterocycles. The third kappa shape index (κ3) is 3.33. The zero-order chi connectivity index (χ0) is 15.4. The number of benzene rings is 1. The molecule has 1 heterocycles. The number of nitrogens with zero attached hydrogens (tertiary/aromatic N) is 1. The van der Waals surface area contributed by atoms with Crippen LogP contribution in [-0.2, 0) is 0 Å². The molecule has 0 saturated heterocycles. The van der Waals surface area contributed by atoms with Gasteiger partial charge in [-0.15, -0.1) is 11.3 Å². The summed E-state index contributed by atoms with van der Waals surface area (Å²) in [6.45, 7) is 3.79. The van der Waals surface area contributed by atoms with Crippen molar-refractivity contribution in [2.75, 3.05) is 17.7 Å². The lowest BCUT2D eigenvalue weighted by Gasteiger charge is -2.07. The molecule has 5 nitrogen and oxygen atoms in total. The highest BCUT2D eigenvalue weighted by molar-refractivity contribution is 7.16. The number of rotatable bonds is 3. The first-order valence-corrected chi connectivity index (χ1v) is 7.09. The van der Waals surface area contributed by atoms with Gasteiger partial charge in [-0.2, -0.15) is 5.26 Å². The van der Waals surface area contributed by atoms with E-state index in [4.69, 9.17) is 10.00 Å². The van der Waals surface area contributed by atoms with E-state index >= 15 is 0 Å². The smallest absolute Gasteiger partial charge is 0.324 e. The summed E-state index contributed by atoms with van der Waals surface area (Å²) in [4.78, 5) is 13.0. The first kappa shape index (κ1) is 14.9. The monoisotopic (exact) mass is 301 g/mol. The van der Waals surface area contributed by atoms with E-state index in [0.717, 1.165) is 10.4 Å². The summed E-state index contributed by atoms with van der Waals surface area (Å²) < 4.78 is 5.10. The lowest BCUT2D eigenvalue weighted by atomic mass is 10.2. The summed E-state index contributed by atoms with van der Waals surface area (Å²) in [7, 11) is 1.57. The fourth-order valence-electron chi connectivity index (χ4n) is 1.82. The van der Waals surface area contributed by atoms with E-state index in [1.165, 1.54) is 11.3 Å². The summed E-state index contributed by atoms with van der Waals surface area (Å²) in [6.07, 6.45) is 0. The second kappa shape index (κ2) is 6.29. The summed E-state index contributed by atoms with van der Waals surface area (Å²) in [5.41, 5.74) is 2.04. The van der Waals surface area contributed by atoms with Crippen molar-refractivity contribution < 1.29 is 9.53 Å². The standard InChI is InChI=1S/C15H15N3O2S/c1-9-10(2)21-14(13(9)8-16)18-15(19)17-11-5-4-6-12(7-11)20-3/h4-7H,1-3H3,(H2,17,18,19). The second-order valence-corrected chi connectivity index (χ2v) is 5.64. The van der Waals surface area contributed by atoms with Gasteiger partial charge >= 0.3 is 6.03 Å². The maximum Gasteiger partial charge on any atom is 0.324 e. The first-order chi connectivity index (χ1) is 10.0. The second-order valence-electron chi connectivity index (χ2n) is 4.41. The van der Waals surface area contributed by atoms with Crippen LogP contribution in [0.25, 0.3) is 0 Å². The fraction of sp³-hybridized carbons (Fsp3) is 0.200. The van der Waals surface area contributed by atoms with Crippen molar-refractivity contribution in [3.8, 4) is 11.8 Å². The molecular weight excluding hydrogens is 286 g/mol. The van der Waals surface area contributed by atoms with Crippen LogP contribution >= 0.6 is 11.3 Å². The zero-order valence-electron chi connectivity index (χ0n) is 12.0. The number of carbonyl (C=O) groups is 1. The van der Waals surface area contributed by atoms with Gasteiger partial charge in [-0.05, 0) is 31.5 Å². The maximum atomic E-state index is 12.0. The van der Waals surface area contributed by atoms with Gasteiger partial charge < -0.3 is 10.1 Å². The molecule has 0 radical (unpaired) electrons. The molecule has 6 heteroatoms. The third-order valence-electron chi connectivity index (χ3n) is 3.05. The number of nitriles is 1. The van der Waals surface area contributed by atoms with Gasteiger partial charge in [0.1, 0.15) is 16.8 Å². The predicted octanol–water partition coefficient (Wildman–Crippen LogP) is 3.89. The van der Waals surface area contributed by atoms with E-state index in [1.54, 1.807) is 31.4 Å². The third-order valence-corrected chi connectivity index (χ3v) is 4.17. The SMILES string of the molecule is COc1cccc(NC(=O)Nc2sc(C)c(C)c2C#N)c1. The number of anilines is 2. The molecular formula is C15H15N3O2S. The van der Waals surface area contributed by atoms with Crippen LogP contribution in [0.5, 0.6) is 5.75 Å². The molecule has 0 spiro atoms. The quantitative estimate of drug-likeness (QED) is 0.903. The molecule has 0 saturated carbocycles. The van der Waals surface area contributed by atoms with Crippen LogP contribution in [0.1, 0.15) is 16.0 Å². The summed E-state index contributed by atoms with van der Waals surface area (Å²) >= 11 is 1.39. The molecule has 0 atom stereocenters. The van der Waals surface area contributed by atoms with Crippen molar-refractivity contribution in [2.45, 2.75) is 13.8 Å². The van der Waals surface area contributed by atoms with Gasteiger partial charge in [0.25, 0.3) is 0 Å². The highest BCUT2D eigenvalue weighted by atomic mass is 32.1. The van der Waals surface area contributed by atoms with Crippen LogP contribution in [0.2, 0.25) is 0 Å². The number of urea groups is 1. The van der Waals surface area contributed by atoms with Crippen LogP contribution in [0.3, 0.4) is 0 Å². The van der Waals surface area contributed by atoms with E-state index in [1.807, 2.05) is 13.8 Å². The Morgan fingerprint density at radius 2 is 2.10 bits per heavy atom. The molecule has 2 amide bonds. The average molecular weight is 301 g/mol. The molecule has 1 aromatic heterocycles. The molecule has 1 aromatic carbocycles. The molecule has 0 unspecified atom stereocenters. The van der Waals surface area contributed by atoms with Gasteiger partial charge in [-0.1, -0.05) is 6.07 Å². The lowest BCUT2D eigenvalue weighted by molar-refractivity contribution is 0.262. The van der Waals surface area contributed by atoms with Crippen LogP contribution in [0, 0.1) is 25.2 Å². The molecule has 0 aliphatic carbocycles. The molecule has 21 heavy (non-hydrogen) atoms. The van der Waals surface area contributed by atoms with E-state index in [2.05, 4.69) is 16.7 Å². The number of carbonyl (C=O) groups excluding carboxylic acids is 1. The Balaban J connectivity index is 2.12. The lowest BCUT2D eigenvalue weighted by Crippen LogP contribution is -2.19. The summed E-state index contributed by atoms with van der Waals surface area (Å²) in [5.74, 6) is 0.660. The number of thiophene rings is 1. The number of ether oxygens (including phenoxy) is 1. The van der Waals surface area contributed by atoms with Crippen molar-refractivity contribution in [1.82, 2.24) is 0 Å². The van der Waals surface area contributed by atoms with Crippen molar-refractivity contribution in [2.24, 2.45) is 0 Å². The largest absolute Gasteiger partial charge is 0.497 e. The van der Waals surface area contributed by atoms with Gasteiger partial charge in [-0.3, -0.25) is 5.32 Å². The average Bonchev–Trinajstić information content (AvgIpc) is 2.73. The topological polar surface area (TPSA) is 74.2 Å². The number of hydrogen-bond donors (Lipinski definition) is 2. The minimum atomic E-state index is -0.388. The van der Waals surface area contributed by atoms with Crippen LogP contribution in [-0.4, -0.2) is 13.1 Å². The van der Waals surface area contributed by atoms with Crippen molar-refractivity contribution in [1.29, 1.82) is 5.26 Å². The molecule has 0 bridgehead atoms. The number of hydrogen-bond acceptors (Lipinski definition) is 4. The molecule has 2 rings (SSSR count). The van der Waals surface area contributed by atoms with Crippen molar-refractivity contribution in [3.63, 3.8) is 0 Å². The Morgan fingerprint density at radius 1 is 1.33 bits per heavy atom. The Bertz CT molecular complexity index is 716. The van der Waals surface area contributed by atoms with E-state index in [9.17, 15) is 4.79 Å². The minimum Gasteiger partial charge on any atom is -0.497 e. The normalized spacial score (nSPS) is 9.81. The summed E-state index contributed by atoms with van der Waals surface area (Å²) in [5, 5.41) is 15.1. The van der Waals surface area contributed by atoms with E-state index in [-0.39, 0.29) is 6.03 Å². The molecule has 0 aliphatic rings. The molecule has 108 valence electrons. The number of amides is 2. The van der Waals surface area contributed by atoms with Crippen LogP contribution in [0.4, 0.5) is 15.5 Å². The van der Waals surface area contributed by atoms with Crippen molar-refractivity contribution >= 4 is 28.1 Å². The number of methoxy groups -OCH3 is 1. The maximum absolute atomic E-state index is 12.0. The number of aryl methyl sites for hydroxylation is 1. The van der Waals surface area contributed by atoms with Crippen LogP contribution in [0.15, 0.2) is 24.3 Å². The van der Waals surface area contributed by atoms with E-state index < -0.39 is 0 Å². The van der Waals surface area contributed by atoms with Crippen LogP contribution < -0.4 is 15.4 Å². The zero-order valence-corrected chi connectivity index (χ0v) is 12.8. The van der Waals surface area contributed by atoms with Gasteiger partial charge in [0, 0.05) is 16.6 Å². The Labute approximate surface area is 127 Å². The summed E-state index contributed by atoms with van der Waals surface area (Å²) in [6, 6.07) is 8.79. The molecule has 2 aromatic rings. The molecule has 0 fully saturated rings. The van der Waals surface area contributed by atoms with E-state index in [0.29, 0.717) is 22.0 Å². The van der Waals surface area contributed by atoms with Crippen molar-refractivity contribution in [3.05, 3.63) is 40.3 Å². The fourth-order valence-corrected chi connectivity index (χ4v) is 2.82. The highest BCUT2D eigenvalue weighted by Crippen LogP contribution is 2.31. The van der Waals surface area contributed by atoms with Gasteiger partial charge in [0.15, 0.2) is 0 Å². The molecule has 2 N–H and O–H groups in total. The Kier molecular flexibility index (Phi) is 4.45. The number of nitrogens with one attached hydrogen (secondary N) is 2. The first-order valence-electron chi connectivity index (χ1n) is 6.27. The van der Waals surface area contributed by atoms with Gasteiger partial charge in [0.05, 0.1) is 12.7 Å². The minimum absolute atomic E-state index is 0.388.